The first-order chi connectivity index (χ1) is 7.41. The van der Waals surface area contributed by atoms with Crippen molar-refractivity contribution in [2.45, 2.75) is 39.3 Å². The van der Waals surface area contributed by atoms with E-state index in [0.29, 0.717) is 0 Å². The lowest BCUT2D eigenvalue weighted by Crippen LogP contribution is -2.56. The molecule has 0 heterocycles. The summed E-state index contributed by atoms with van der Waals surface area (Å²) in [4.78, 5) is 0. The maximum absolute atomic E-state index is 12.9. The minimum atomic E-state index is -0.245. The van der Waals surface area contributed by atoms with Gasteiger partial charge in [0.2, 0.25) is 0 Å². The second-order valence-corrected chi connectivity index (χ2v) is 5.23. The number of aliphatic hydroxyl groups is 1. The zero-order valence-electron chi connectivity index (χ0n) is 9.92. The van der Waals surface area contributed by atoms with Gasteiger partial charge in [0.1, 0.15) is 5.82 Å². The molecule has 0 amide bonds. The summed E-state index contributed by atoms with van der Waals surface area (Å²) in [6, 6.07) is 4.99. The van der Waals surface area contributed by atoms with Gasteiger partial charge in [0.25, 0.3) is 0 Å². The van der Waals surface area contributed by atoms with Gasteiger partial charge in [-0.15, -0.1) is 0 Å². The van der Waals surface area contributed by atoms with Crippen LogP contribution in [0, 0.1) is 18.2 Å². The number of hydrogen-bond donors (Lipinski definition) is 2. The van der Waals surface area contributed by atoms with E-state index in [1.165, 1.54) is 12.1 Å². The van der Waals surface area contributed by atoms with Gasteiger partial charge in [-0.3, -0.25) is 0 Å². The van der Waals surface area contributed by atoms with Crippen LogP contribution in [0.5, 0.6) is 0 Å². The standard InChI is InChI=1S/C13H18FNO/c1-8-6-9(14)4-5-10(8)15-11-7-12(16)13(11,2)3/h4-6,11-12,15-16H,7H2,1-3H3. The van der Waals surface area contributed by atoms with Crippen molar-refractivity contribution in [2.75, 3.05) is 5.32 Å². The van der Waals surface area contributed by atoms with Gasteiger partial charge in [-0.25, -0.2) is 4.39 Å². The maximum atomic E-state index is 12.9. The first-order valence-corrected chi connectivity index (χ1v) is 5.62. The maximum Gasteiger partial charge on any atom is 0.123 e. The summed E-state index contributed by atoms with van der Waals surface area (Å²) in [7, 11) is 0. The van der Waals surface area contributed by atoms with Crippen LogP contribution in [0.4, 0.5) is 10.1 Å². The minimum absolute atomic E-state index is 0.110. The Labute approximate surface area is 95.5 Å². The Bertz CT molecular complexity index is 403. The molecule has 1 aromatic carbocycles. The number of nitrogens with one attached hydrogen (secondary N) is 1. The van der Waals surface area contributed by atoms with Crippen molar-refractivity contribution in [3.8, 4) is 0 Å². The molecule has 1 aliphatic carbocycles. The number of halogens is 1. The van der Waals surface area contributed by atoms with E-state index >= 15 is 0 Å². The van der Waals surface area contributed by atoms with Crippen LogP contribution < -0.4 is 5.32 Å². The summed E-state index contributed by atoms with van der Waals surface area (Å²) in [5, 5.41) is 13.0. The predicted octanol–water partition coefficient (Wildman–Crippen LogP) is 2.71. The topological polar surface area (TPSA) is 32.3 Å². The molecule has 0 aliphatic heterocycles. The molecule has 1 aromatic rings. The molecule has 0 saturated heterocycles. The molecule has 16 heavy (non-hydrogen) atoms. The Hall–Kier alpha value is -1.09. The van der Waals surface area contributed by atoms with E-state index in [1.807, 2.05) is 20.8 Å². The summed E-state index contributed by atoms with van der Waals surface area (Å²) in [6.45, 7) is 5.96. The van der Waals surface area contributed by atoms with Crippen molar-refractivity contribution in [3.63, 3.8) is 0 Å². The highest BCUT2D eigenvalue weighted by atomic mass is 19.1. The molecule has 2 rings (SSSR count). The van der Waals surface area contributed by atoms with Crippen LogP contribution in [-0.2, 0) is 0 Å². The van der Waals surface area contributed by atoms with Gasteiger partial charge >= 0.3 is 0 Å². The largest absolute Gasteiger partial charge is 0.392 e. The Balaban J connectivity index is 2.11. The Morgan fingerprint density at radius 3 is 2.62 bits per heavy atom. The van der Waals surface area contributed by atoms with Crippen LogP contribution in [0.15, 0.2) is 18.2 Å². The third kappa shape index (κ3) is 1.80. The highest BCUT2D eigenvalue weighted by Gasteiger charge is 2.47. The molecule has 0 aromatic heterocycles. The molecule has 0 bridgehead atoms. The predicted molar refractivity (Wildman–Crippen MR) is 63.0 cm³/mol. The minimum Gasteiger partial charge on any atom is -0.392 e. The SMILES string of the molecule is Cc1cc(F)ccc1NC1CC(O)C1(C)C. The van der Waals surface area contributed by atoms with Crippen LogP contribution in [-0.4, -0.2) is 17.3 Å². The molecule has 2 nitrogen and oxygen atoms in total. The fourth-order valence-corrected chi connectivity index (χ4v) is 2.12. The van der Waals surface area contributed by atoms with Gasteiger partial charge in [0, 0.05) is 17.1 Å². The average molecular weight is 223 g/mol. The lowest BCUT2D eigenvalue weighted by Gasteiger charge is -2.50. The molecule has 0 spiro atoms. The summed E-state index contributed by atoms with van der Waals surface area (Å²) in [6.07, 6.45) is 0.509. The van der Waals surface area contributed by atoms with E-state index in [4.69, 9.17) is 0 Å². The van der Waals surface area contributed by atoms with Gasteiger partial charge in [0.05, 0.1) is 6.10 Å². The van der Waals surface area contributed by atoms with Gasteiger partial charge < -0.3 is 10.4 Å². The fourth-order valence-electron chi connectivity index (χ4n) is 2.12. The molecule has 1 saturated carbocycles. The van der Waals surface area contributed by atoms with E-state index in [9.17, 15) is 9.50 Å². The molecule has 0 radical (unpaired) electrons. The third-order valence-corrected chi connectivity index (χ3v) is 3.73. The Morgan fingerprint density at radius 2 is 2.12 bits per heavy atom. The zero-order chi connectivity index (χ0) is 11.9. The van der Waals surface area contributed by atoms with Gasteiger partial charge in [-0.1, -0.05) is 13.8 Å². The first-order valence-electron chi connectivity index (χ1n) is 5.62. The number of aliphatic hydroxyl groups excluding tert-OH is 1. The molecule has 1 fully saturated rings. The summed E-state index contributed by atoms with van der Waals surface area (Å²) in [5.74, 6) is -0.212. The molecule has 2 unspecified atom stereocenters. The zero-order valence-corrected chi connectivity index (χ0v) is 9.92. The van der Waals surface area contributed by atoms with E-state index in [2.05, 4.69) is 5.32 Å². The van der Waals surface area contributed by atoms with Crippen LogP contribution in [0.3, 0.4) is 0 Å². The first kappa shape index (κ1) is 11.4. The second-order valence-electron chi connectivity index (χ2n) is 5.23. The number of anilines is 1. The van der Waals surface area contributed by atoms with E-state index in [1.54, 1.807) is 6.07 Å². The second kappa shape index (κ2) is 3.74. The van der Waals surface area contributed by atoms with Crippen molar-refractivity contribution < 1.29 is 9.50 Å². The number of hydrogen-bond acceptors (Lipinski definition) is 2. The highest BCUT2D eigenvalue weighted by molar-refractivity contribution is 5.52. The summed E-state index contributed by atoms with van der Waals surface area (Å²) < 4.78 is 12.9. The van der Waals surface area contributed by atoms with Crippen LogP contribution >= 0.6 is 0 Å². The van der Waals surface area contributed by atoms with Crippen molar-refractivity contribution >= 4 is 5.69 Å². The quantitative estimate of drug-likeness (QED) is 0.808. The number of rotatable bonds is 2. The summed E-state index contributed by atoms with van der Waals surface area (Å²) >= 11 is 0. The molecule has 2 atom stereocenters. The van der Waals surface area contributed by atoms with Crippen molar-refractivity contribution in [3.05, 3.63) is 29.6 Å². The van der Waals surface area contributed by atoms with Crippen molar-refractivity contribution in [2.24, 2.45) is 5.41 Å². The van der Waals surface area contributed by atoms with Gasteiger partial charge in [0.15, 0.2) is 0 Å². The Kier molecular flexibility index (Phi) is 2.66. The van der Waals surface area contributed by atoms with Crippen LogP contribution in [0.25, 0.3) is 0 Å². The smallest absolute Gasteiger partial charge is 0.123 e. The summed E-state index contributed by atoms with van der Waals surface area (Å²) in [5.41, 5.74) is 1.74. The third-order valence-electron chi connectivity index (χ3n) is 3.73. The van der Waals surface area contributed by atoms with Gasteiger partial charge in [-0.05, 0) is 37.1 Å². The monoisotopic (exact) mass is 223 g/mol. The average Bonchev–Trinajstić information content (AvgIpc) is 2.21. The lowest BCUT2D eigenvalue weighted by atomic mass is 9.64. The van der Waals surface area contributed by atoms with E-state index in [-0.39, 0.29) is 23.4 Å². The molecule has 2 N–H and O–H groups in total. The van der Waals surface area contributed by atoms with Crippen molar-refractivity contribution in [1.82, 2.24) is 0 Å². The normalized spacial score (nSPS) is 27.3. The van der Waals surface area contributed by atoms with E-state index in [0.717, 1.165) is 17.7 Å². The number of benzene rings is 1. The molecule has 1 aliphatic rings. The molecular formula is C13H18FNO. The van der Waals surface area contributed by atoms with Crippen LogP contribution in [0.1, 0.15) is 25.8 Å². The lowest BCUT2D eigenvalue weighted by molar-refractivity contribution is -0.0510. The molecule has 88 valence electrons. The van der Waals surface area contributed by atoms with Crippen molar-refractivity contribution in [1.29, 1.82) is 0 Å². The molecule has 3 heteroatoms. The number of aryl methyl sites for hydroxylation is 1. The molecular weight excluding hydrogens is 205 g/mol. The highest BCUT2D eigenvalue weighted by Crippen LogP contribution is 2.42. The fraction of sp³-hybridized carbons (Fsp3) is 0.538. The van der Waals surface area contributed by atoms with Gasteiger partial charge in [-0.2, -0.15) is 0 Å². The van der Waals surface area contributed by atoms with E-state index < -0.39 is 0 Å². The van der Waals surface area contributed by atoms with Crippen LogP contribution in [0.2, 0.25) is 0 Å². The Morgan fingerprint density at radius 1 is 1.44 bits per heavy atom.